The second kappa shape index (κ2) is 6.37. The lowest BCUT2D eigenvalue weighted by Gasteiger charge is -2.17. The zero-order valence-corrected chi connectivity index (χ0v) is 12.6. The van der Waals surface area contributed by atoms with E-state index >= 15 is 0 Å². The van der Waals surface area contributed by atoms with Crippen LogP contribution in [0.3, 0.4) is 0 Å². The molecule has 0 aromatic heterocycles. The monoisotopic (exact) mass is 319 g/mol. The third-order valence-electron chi connectivity index (χ3n) is 3.88. The van der Waals surface area contributed by atoms with Gasteiger partial charge in [-0.25, -0.2) is 8.42 Å². The Labute approximate surface area is 123 Å². The van der Waals surface area contributed by atoms with Crippen LogP contribution in [0.1, 0.15) is 18.9 Å². The van der Waals surface area contributed by atoms with Crippen molar-refractivity contribution >= 4 is 9.84 Å². The van der Waals surface area contributed by atoms with Gasteiger partial charge in [-0.05, 0) is 43.5 Å². The molecule has 2 unspecified atom stereocenters. The average molecular weight is 319 g/mol. The van der Waals surface area contributed by atoms with Gasteiger partial charge >= 0.3 is 5.76 Å². The number of benzene rings is 1. The number of rotatable bonds is 5. The van der Waals surface area contributed by atoms with Crippen LogP contribution in [0.25, 0.3) is 0 Å². The minimum atomic E-state index is -4.52. The lowest BCUT2D eigenvalue weighted by Crippen LogP contribution is -2.24. The molecule has 0 saturated carbocycles. The van der Waals surface area contributed by atoms with Crippen LogP contribution in [0.2, 0.25) is 0 Å². The summed E-state index contributed by atoms with van der Waals surface area (Å²) in [6, 6.07) is 5.56. The summed E-state index contributed by atoms with van der Waals surface area (Å²) in [5, 5.41) is 9.55. The molecular formula is C14H19F2NO3S. The molecule has 1 aromatic carbocycles. The molecule has 0 amide bonds. The summed E-state index contributed by atoms with van der Waals surface area (Å²) in [6.45, 7) is 4.05. The largest absolute Gasteiger partial charge is 0.393 e. The summed E-state index contributed by atoms with van der Waals surface area (Å²) in [6.07, 6.45) is 0.587. The topological polar surface area (TPSA) is 57.6 Å². The van der Waals surface area contributed by atoms with Crippen molar-refractivity contribution in [1.82, 2.24) is 4.90 Å². The van der Waals surface area contributed by atoms with Gasteiger partial charge in [-0.1, -0.05) is 12.1 Å². The van der Waals surface area contributed by atoms with Crippen LogP contribution in [0.5, 0.6) is 0 Å². The molecule has 7 heteroatoms. The van der Waals surface area contributed by atoms with Crippen molar-refractivity contribution in [3.63, 3.8) is 0 Å². The van der Waals surface area contributed by atoms with E-state index in [1.54, 1.807) is 19.1 Å². The summed E-state index contributed by atoms with van der Waals surface area (Å²) >= 11 is 0. The normalized spacial score (nSPS) is 21.9. The molecule has 4 nitrogen and oxygen atoms in total. The molecule has 1 N–H and O–H groups in total. The number of likely N-dealkylation sites (tertiary alicyclic amines) is 1. The Bertz CT molecular complexity index is 572. The second-order valence-electron chi connectivity index (χ2n) is 5.47. The van der Waals surface area contributed by atoms with Gasteiger partial charge in [0, 0.05) is 13.1 Å². The molecule has 0 aliphatic carbocycles. The summed E-state index contributed by atoms with van der Waals surface area (Å²) in [7, 11) is -4.52. The van der Waals surface area contributed by atoms with Crippen LogP contribution >= 0.6 is 0 Å². The average Bonchev–Trinajstić information content (AvgIpc) is 2.88. The number of aliphatic hydroxyl groups excluding tert-OH is 1. The molecule has 1 aromatic rings. The first-order valence-electron chi connectivity index (χ1n) is 6.82. The quantitative estimate of drug-likeness (QED) is 0.900. The number of hydrogen-bond donors (Lipinski definition) is 1. The molecule has 21 heavy (non-hydrogen) atoms. The van der Waals surface area contributed by atoms with E-state index in [0.717, 1.165) is 25.1 Å². The Morgan fingerprint density at radius 3 is 2.43 bits per heavy atom. The number of sulfone groups is 1. The van der Waals surface area contributed by atoms with Gasteiger partial charge in [-0.2, -0.15) is 8.78 Å². The van der Waals surface area contributed by atoms with Gasteiger partial charge in [0.05, 0.1) is 11.0 Å². The predicted molar refractivity (Wildman–Crippen MR) is 74.7 cm³/mol. The highest BCUT2D eigenvalue weighted by atomic mass is 32.2. The van der Waals surface area contributed by atoms with Crippen molar-refractivity contribution in [1.29, 1.82) is 0 Å². The maximum absolute atomic E-state index is 12.4. The summed E-state index contributed by atoms with van der Waals surface area (Å²) in [5.41, 5.74) is 0.870. The molecule has 0 bridgehead atoms. The van der Waals surface area contributed by atoms with Crippen LogP contribution in [0, 0.1) is 5.92 Å². The van der Waals surface area contributed by atoms with Crippen LogP contribution in [-0.4, -0.2) is 43.4 Å². The molecule has 1 heterocycles. The highest BCUT2D eigenvalue weighted by molar-refractivity contribution is 7.91. The van der Waals surface area contributed by atoms with Gasteiger partial charge < -0.3 is 5.11 Å². The molecule has 1 aliphatic rings. The summed E-state index contributed by atoms with van der Waals surface area (Å²) < 4.78 is 47.5. The van der Waals surface area contributed by atoms with Crippen LogP contribution < -0.4 is 0 Å². The minimum absolute atomic E-state index is 0.253. The van der Waals surface area contributed by atoms with Crippen molar-refractivity contribution in [2.45, 2.75) is 36.6 Å². The SMILES string of the molecule is CC(O)C1CCN(Cc2ccc(S(=O)(=O)C(F)F)cc2)C1. The first-order chi connectivity index (χ1) is 9.80. The van der Waals surface area contributed by atoms with Gasteiger partial charge in [0.2, 0.25) is 9.84 Å². The minimum Gasteiger partial charge on any atom is -0.393 e. The van der Waals surface area contributed by atoms with E-state index in [1.807, 2.05) is 0 Å². The summed E-state index contributed by atoms with van der Waals surface area (Å²) in [5.74, 6) is -3.14. The fourth-order valence-electron chi connectivity index (χ4n) is 2.55. The van der Waals surface area contributed by atoms with E-state index in [1.165, 1.54) is 12.1 Å². The number of hydrogen-bond acceptors (Lipinski definition) is 4. The second-order valence-corrected chi connectivity index (χ2v) is 7.39. The fraction of sp³-hybridized carbons (Fsp3) is 0.571. The van der Waals surface area contributed by atoms with E-state index in [0.29, 0.717) is 6.54 Å². The predicted octanol–water partition coefficient (Wildman–Crippen LogP) is 1.89. The van der Waals surface area contributed by atoms with E-state index in [2.05, 4.69) is 4.90 Å². The molecule has 0 radical (unpaired) electrons. The van der Waals surface area contributed by atoms with Crippen LogP contribution in [0.15, 0.2) is 29.2 Å². The van der Waals surface area contributed by atoms with E-state index in [9.17, 15) is 22.3 Å². The van der Waals surface area contributed by atoms with E-state index < -0.39 is 15.6 Å². The van der Waals surface area contributed by atoms with Crippen molar-refractivity contribution in [2.24, 2.45) is 5.92 Å². The third-order valence-corrected chi connectivity index (χ3v) is 5.28. The molecule has 118 valence electrons. The molecular weight excluding hydrogens is 300 g/mol. The molecule has 2 atom stereocenters. The lowest BCUT2D eigenvalue weighted by atomic mass is 10.0. The lowest BCUT2D eigenvalue weighted by molar-refractivity contribution is 0.127. The number of aliphatic hydroxyl groups is 1. The zero-order chi connectivity index (χ0) is 15.6. The highest BCUT2D eigenvalue weighted by Gasteiger charge is 2.27. The third kappa shape index (κ3) is 3.78. The van der Waals surface area contributed by atoms with Crippen molar-refractivity contribution in [2.75, 3.05) is 13.1 Å². The zero-order valence-electron chi connectivity index (χ0n) is 11.7. The molecule has 0 spiro atoms. The van der Waals surface area contributed by atoms with Gasteiger partial charge in [-0.3, -0.25) is 4.90 Å². The number of nitrogens with zero attached hydrogens (tertiary/aromatic N) is 1. The Balaban J connectivity index is 2.01. The summed E-state index contributed by atoms with van der Waals surface area (Å²) in [4.78, 5) is 1.80. The van der Waals surface area contributed by atoms with E-state index in [-0.39, 0.29) is 16.9 Å². The van der Waals surface area contributed by atoms with Crippen LogP contribution in [0.4, 0.5) is 8.78 Å². The van der Waals surface area contributed by atoms with E-state index in [4.69, 9.17) is 0 Å². The van der Waals surface area contributed by atoms with Crippen molar-refractivity contribution < 1.29 is 22.3 Å². The van der Waals surface area contributed by atoms with Gasteiger partial charge in [0.25, 0.3) is 0 Å². The first-order valence-corrected chi connectivity index (χ1v) is 8.36. The number of halogens is 2. The highest BCUT2D eigenvalue weighted by Crippen LogP contribution is 2.23. The molecule has 1 aliphatic heterocycles. The Morgan fingerprint density at radius 2 is 1.95 bits per heavy atom. The molecule has 2 rings (SSSR count). The fourth-order valence-corrected chi connectivity index (χ4v) is 3.27. The number of alkyl halides is 2. The Hall–Kier alpha value is -1.05. The van der Waals surface area contributed by atoms with Crippen LogP contribution in [-0.2, 0) is 16.4 Å². The standard InChI is InChI=1S/C14H19F2NO3S/c1-10(18)12-6-7-17(9-12)8-11-2-4-13(5-3-11)21(19,20)14(15)16/h2-5,10,12,14,18H,6-9H2,1H3. The Morgan fingerprint density at radius 1 is 1.33 bits per heavy atom. The molecule has 1 saturated heterocycles. The first kappa shape index (κ1) is 16.3. The van der Waals surface area contributed by atoms with Gasteiger partial charge in [0.1, 0.15) is 0 Å². The molecule has 1 fully saturated rings. The van der Waals surface area contributed by atoms with Gasteiger partial charge in [-0.15, -0.1) is 0 Å². The van der Waals surface area contributed by atoms with Gasteiger partial charge in [0.15, 0.2) is 0 Å². The maximum atomic E-state index is 12.4. The maximum Gasteiger partial charge on any atom is 0.341 e. The van der Waals surface area contributed by atoms with Crippen molar-refractivity contribution in [3.8, 4) is 0 Å². The smallest absolute Gasteiger partial charge is 0.341 e. The Kier molecular flexibility index (Phi) is 4.95. The van der Waals surface area contributed by atoms with Crippen molar-refractivity contribution in [3.05, 3.63) is 29.8 Å².